The second kappa shape index (κ2) is 6.07. The van der Waals surface area contributed by atoms with Crippen molar-refractivity contribution in [3.63, 3.8) is 0 Å². The van der Waals surface area contributed by atoms with Gasteiger partial charge in [0.05, 0.1) is 18.0 Å². The van der Waals surface area contributed by atoms with Crippen molar-refractivity contribution >= 4 is 10.0 Å². The van der Waals surface area contributed by atoms with Crippen LogP contribution >= 0.6 is 0 Å². The lowest BCUT2D eigenvalue weighted by molar-refractivity contribution is 0.241. The molecule has 1 aromatic rings. The Bertz CT molecular complexity index is 573. The maximum atomic E-state index is 13.7. The quantitative estimate of drug-likeness (QED) is 0.858. The molecule has 5 nitrogen and oxygen atoms in total. The van der Waals surface area contributed by atoms with Crippen LogP contribution in [0.15, 0.2) is 23.1 Å². The van der Waals surface area contributed by atoms with E-state index in [2.05, 4.69) is 5.32 Å². The van der Waals surface area contributed by atoms with Gasteiger partial charge in [0.1, 0.15) is 0 Å². The van der Waals surface area contributed by atoms with E-state index in [1.165, 1.54) is 23.5 Å². The monoisotopic (exact) mass is 302 g/mol. The third kappa shape index (κ3) is 2.79. The largest absolute Gasteiger partial charge is 0.494 e. The van der Waals surface area contributed by atoms with Crippen LogP contribution < -0.4 is 10.1 Å². The zero-order valence-electron chi connectivity index (χ0n) is 11.6. The van der Waals surface area contributed by atoms with Crippen molar-refractivity contribution in [2.24, 2.45) is 0 Å². The summed E-state index contributed by atoms with van der Waals surface area (Å²) < 4.78 is 45.2. The Labute approximate surface area is 118 Å². The fourth-order valence-corrected chi connectivity index (χ4v) is 3.87. The van der Waals surface area contributed by atoms with Crippen LogP contribution in [0, 0.1) is 5.82 Å². The minimum Gasteiger partial charge on any atom is -0.494 e. The van der Waals surface area contributed by atoms with Crippen molar-refractivity contribution in [1.82, 2.24) is 9.62 Å². The van der Waals surface area contributed by atoms with Crippen LogP contribution in [0.1, 0.15) is 13.3 Å². The van der Waals surface area contributed by atoms with Crippen LogP contribution in [-0.4, -0.2) is 45.5 Å². The first-order valence-corrected chi connectivity index (χ1v) is 8.00. The zero-order chi connectivity index (χ0) is 14.8. The normalized spacial score (nSPS) is 16.2. The Hall–Kier alpha value is -1.18. The van der Waals surface area contributed by atoms with Gasteiger partial charge in [-0.3, -0.25) is 0 Å². The van der Waals surface area contributed by atoms with Crippen LogP contribution in [-0.2, 0) is 10.0 Å². The number of sulfonamides is 1. The molecule has 112 valence electrons. The van der Waals surface area contributed by atoms with Gasteiger partial charge in [0.15, 0.2) is 11.6 Å². The molecule has 1 fully saturated rings. The van der Waals surface area contributed by atoms with Crippen molar-refractivity contribution in [2.45, 2.75) is 24.3 Å². The van der Waals surface area contributed by atoms with Crippen LogP contribution in [0.5, 0.6) is 5.75 Å². The summed E-state index contributed by atoms with van der Waals surface area (Å²) in [5, 5.41) is 3.05. The molecule has 0 spiro atoms. The number of benzene rings is 1. The minimum atomic E-state index is -3.67. The first-order chi connectivity index (χ1) is 9.50. The van der Waals surface area contributed by atoms with Crippen LogP contribution in [0.2, 0.25) is 0 Å². The molecule has 0 radical (unpaired) electrons. The van der Waals surface area contributed by atoms with Gasteiger partial charge in [-0.05, 0) is 24.6 Å². The van der Waals surface area contributed by atoms with E-state index in [1.54, 1.807) is 0 Å². The highest BCUT2D eigenvalue weighted by Gasteiger charge is 2.34. The van der Waals surface area contributed by atoms with Gasteiger partial charge in [-0.2, -0.15) is 4.31 Å². The van der Waals surface area contributed by atoms with Crippen LogP contribution in [0.25, 0.3) is 0 Å². The molecule has 0 unspecified atom stereocenters. The summed E-state index contributed by atoms with van der Waals surface area (Å²) in [6.07, 6.45) is 0.717. The molecule has 20 heavy (non-hydrogen) atoms. The second-order valence-corrected chi connectivity index (χ2v) is 6.61. The van der Waals surface area contributed by atoms with Crippen molar-refractivity contribution in [3.05, 3.63) is 24.0 Å². The number of rotatable bonds is 6. The van der Waals surface area contributed by atoms with Gasteiger partial charge < -0.3 is 10.1 Å². The van der Waals surface area contributed by atoms with E-state index >= 15 is 0 Å². The fourth-order valence-electron chi connectivity index (χ4n) is 2.14. The molecule has 1 aliphatic rings. The SMILES string of the molecule is CCCN(C1CNC1)S(=O)(=O)c1ccc(OC)c(F)c1. The molecule has 7 heteroatoms. The molecule has 0 atom stereocenters. The van der Waals surface area contributed by atoms with Gasteiger partial charge in [0.2, 0.25) is 10.0 Å². The molecule has 1 N–H and O–H groups in total. The van der Waals surface area contributed by atoms with E-state index in [0.29, 0.717) is 26.1 Å². The third-order valence-corrected chi connectivity index (χ3v) is 5.29. The highest BCUT2D eigenvalue weighted by molar-refractivity contribution is 7.89. The van der Waals surface area contributed by atoms with Crippen molar-refractivity contribution in [2.75, 3.05) is 26.7 Å². The first kappa shape index (κ1) is 15.2. The number of nitrogens with one attached hydrogen (secondary N) is 1. The van der Waals surface area contributed by atoms with Gasteiger partial charge in [-0.25, -0.2) is 12.8 Å². The lowest BCUT2D eigenvalue weighted by Crippen LogP contribution is -2.58. The number of halogens is 1. The number of ether oxygens (including phenoxy) is 1. The van der Waals surface area contributed by atoms with Gasteiger partial charge in [-0.15, -0.1) is 0 Å². The summed E-state index contributed by atoms with van der Waals surface area (Å²) in [5.74, 6) is -0.631. The molecule has 1 saturated heterocycles. The highest BCUT2D eigenvalue weighted by atomic mass is 32.2. The van der Waals surface area contributed by atoms with E-state index in [4.69, 9.17) is 4.74 Å². The molecule has 2 rings (SSSR count). The van der Waals surface area contributed by atoms with Gasteiger partial charge in [0, 0.05) is 19.6 Å². The molecular formula is C13H19FN2O3S. The molecule has 0 aromatic heterocycles. The zero-order valence-corrected chi connectivity index (χ0v) is 12.4. The summed E-state index contributed by atoms with van der Waals surface area (Å²) in [6, 6.07) is 3.69. The Morgan fingerprint density at radius 3 is 2.60 bits per heavy atom. The van der Waals surface area contributed by atoms with Crippen LogP contribution in [0.3, 0.4) is 0 Å². The predicted molar refractivity (Wildman–Crippen MR) is 73.8 cm³/mol. The Morgan fingerprint density at radius 2 is 2.15 bits per heavy atom. The lowest BCUT2D eigenvalue weighted by Gasteiger charge is -2.37. The van der Waals surface area contributed by atoms with E-state index in [9.17, 15) is 12.8 Å². The van der Waals surface area contributed by atoms with Crippen molar-refractivity contribution in [3.8, 4) is 5.75 Å². The Kier molecular flexibility index (Phi) is 4.62. The number of hydrogen-bond acceptors (Lipinski definition) is 4. The minimum absolute atomic E-state index is 0.0313. The molecule has 0 aliphatic carbocycles. The number of nitrogens with zero attached hydrogens (tertiary/aromatic N) is 1. The molecular weight excluding hydrogens is 283 g/mol. The molecule has 1 heterocycles. The molecule has 1 aliphatic heterocycles. The molecule has 0 amide bonds. The molecule has 0 bridgehead atoms. The van der Waals surface area contributed by atoms with Crippen molar-refractivity contribution in [1.29, 1.82) is 0 Å². The summed E-state index contributed by atoms with van der Waals surface area (Å²) in [5.41, 5.74) is 0. The maximum Gasteiger partial charge on any atom is 0.243 e. The first-order valence-electron chi connectivity index (χ1n) is 6.56. The van der Waals surface area contributed by atoms with E-state index in [1.807, 2.05) is 6.92 Å². The van der Waals surface area contributed by atoms with E-state index in [-0.39, 0.29) is 16.7 Å². The van der Waals surface area contributed by atoms with E-state index < -0.39 is 15.8 Å². The summed E-state index contributed by atoms with van der Waals surface area (Å²) in [4.78, 5) is -0.0313. The summed E-state index contributed by atoms with van der Waals surface area (Å²) in [7, 11) is -2.33. The Morgan fingerprint density at radius 1 is 1.45 bits per heavy atom. The standard InChI is InChI=1S/C13H19FN2O3S/c1-3-6-16(10-8-15-9-10)20(17,18)11-4-5-13(19-2)12(14)7-11/h4-5,7,10,15H,3,6,8-9H2,1-2H3. The second-order valence-electron chi connectivity index (χ2n) is 4.72. The summed E-state index contributed by atoms with van der Waals surface area (Å²) >= 11 is 0. The van der Waals surface area contributed by atoms with Gasteiger partial charge in [-0.1, -0.05) is 6.92 Å². The third-order valence-electron chi connectivity index (χ3n) is 3.34. The molecule has 1 aromatic carbocycles. The van der Waals surface area contributed by atoms with Crippen LogP contribution in [0.4, 0.5) is 4.39 Å². The Balaban J connectivity index is 2.34. The van der Waals surface area contributed by atoms with Crippen molar-refractivity contribution < 1.29 is 17.5 Å². The number of hydrogen-bond donors (Lipinski definition) is 1. The summed E-state index contributed by atoms with van der Waals surface area (Å²) in [6.45, 7) is 3.63. The average Bonchev–Trinajstić information content (AvgIpc) is 2.36. The average molecular weight is 302 g/mol. The maximum absolute atomic E-state index is 13.7. The highest BCUT2D eigenvalue weighted by Crippen LogP contribution is 2.25. The fraction of sp³-hybridized carbons (Fsp3) is 0.538. The number of methoxy groups -OCH3 is 1. The molecule has 0 saturated carbocycles. The predicted octanol–water partition coefficient (Wildman–Crippen LogP) is 1.21. The van der Waals surface area contributed by atoms with Gasteiger partial charge in [0.25, 0.3) is 0 Å². The van der Waals surface area contributed by atoms with E-state index in [0.717, 1.165) is 6.07 Å². The van der Waals surface area contributed by atoms with Gasteiger partial charge >= 0.3 is 0 Å². The smallest absolute Gasteiger partial charge is 0.243 e. The topological polar surface area (TPSA) is 58.6 Å². The lowest BCUT2D eigenvalue weighted by atomic mass is 10.2.